The highest BCUT2D eigenvalue weighted by molar-refractivity contribution is 6.30. The Labute approximate surface area is 168 Å². The SMILES string of the molecule is CC(C)CNC(=O)c1nc(C(=O)NCCc2ccc(Cl)cc2)c2ccccn12. The average molecular weight is 399 g/mol. The number of nitrogens with one attached hydrogen (secondary N) is 2. The number of hydrogen-bond acceptors (Lipinski definition) is 3. The predicted octanol–water partition coefficient (Wildman–Crippen LogP) is 3.35. The first kappa shape index (κ1) is 19.9. The van der Waals surface area contributed by atoms with Crippen LogP contribution in [0.2, 0.25) is 5.02 Å². The van der Waals surface area contributed by atoms with Crippen molar-refractivity contribution in [2.45, 2.75) is 20.3 Å². The Morgan fingerprint density at radius 3 is 2.54 bits per heavy atom. The van der Waals surface area contributed by atoms with Crippen LogP contribution < -0.4 is 10.6 Å². The Morgan fingerprint density at radius 1 is 1.07 bits per heavy atom. The summed E-state index contributed by atoms with van der Waals surface area (Å²) in [7, 11) is 0. The maximum absolute atomic E-state index is 12.7. The van der Waals surface area contributed by atoms with Gasteiger partial charge >= 0.3 is 0 Å². The van der Waals surface area contributed by atoms with Gasteiger partial charge in [-0.3, -0.25) is 14.0 Å². The number of pyridine rings is 1. The van der Waals surface area contributed by atoms with E-state index in [1.54, 1.807) is 22.7 Å². The first-order valence-corrected chi connectivity index (χ1v) is 9.61. The number of fused-ring (bicyclic) bond motifs is 1. The summed E-state index contributed by atoms with van der Waals surface area (Å²) in [5.41, 5.74) is 1.92. The van der Waals surface area contributed by atoms with Crippen molar-refractivity contribution in [3.8, 4) is 0 Å². The largest absolute Gasteiger partial charge is 0.350 e. The summed E-state index contributed by atoms with van der Waals surface area (Å²) < 4.78 is 1.64. The van der Waals surface area contributed by atoms with Gasteiger partial charge in [0.05, 0.1) is 5.52 Å². The Kier molecular flexibility index (Phi) is 6.31. The van der Waals surface area contributed by atoms with Gasteiger partial charge in [-0.1, -0.05) is 43.6 Å². The number of imidazole rings is 1. The van der Waals surface area contributed by atoms with Crippen molar-refractivity contribution in [3.05, 3.63) is 70.8 Å². The van der Waals surface area contributed by atoms with Gasteiger partial charge in [-0.2, -0.15) is 0 Å². The van der Waals surface area contributed by atoms with Crippen LogP contribution in [0.1, 0.15) is 40.5 Å². The van der Waals surface area contributed by atoms with E-state index in [4.69, 9.17) is 11.6 Å². The maximum Gasteiger partial charge on any atom is 0.287 e. The van der Waals surface area contributed by atoms with E-state index in [-0.39, 0.29) is 23.3 Å². The summed E-state index contributed by atoms with van der Waals surface area (Å²) in [6.07, 6.45) is 2.41. The standard InChI is InChI=1S/C21H23ClN4O2/c1-14(2)13-24-21(28)19-25-18(17-5-3-4-12-26(17)19)20(27)23-11-10-15-6-8-16(22)9-7-15/h3-9,12,14H,10-11,13H2,1-2H3,(H,23,27)(H,24,28). The lowest BCUT2D eigenvalue weighted by Crippen LogP contribution is -2.29. The van der Waals surface area contributed by atoms with E-state index in [2.05, 4.69) is 15.6 Å². The average Bonchev–Trinajstić information content (AvgIpc) is 3.07. The van der Waals surface area contributed by atoms with Gasteiger partial charge in [0.15, 0.2) is 5.69 Å². The molecule has 0 aliphatic heterocycles. The molecule has 3 rings (SSSR count). The Morgan fingerprint density at radius 2 is 1.82 bits per heavy atom. The molecule has 0 radical (unpaired) electrons. The number of nitrogens with zero attached hydrogens (tertiary/aromatic N) is 2. The van der Waals surface area contributed by atoms with Crippen LogP contribution in [0.4, 0.5) is 0 Å². The van der Waals surface area contributed by atoms with Crippen molar-refractivity contribution in [2.75, 3.05) is 13.1 Å². The lowest BCUT2D eigenvalue weighted by Gasteiger charge is -2.06. The Balaban J connectivity index is 1.73. The van der Waals surface area contributed by atoms with Crippen LogP contribution in [0.3, 0.4) is 0 Å². The van der Waals surface area contributed by atoms with Gasteiger partial charge in [0.2, 0.25) is 5.82 Å². The van der Waals surface area contributed by atoms with Crippen LogP contribution in [-0.2, 0) is 6.42 Å². The van der Waals surface area contributed by atoms with Crippen molar-refractivity contribution in [1.29, 1.82) is 0 Å². The molecule has 0 fully saturated rings. The molecule has 0 aliphatic carbocycles. The Hall–Kier alpha value is -2.86. The van der Waals surface area contributed by atoms with Crippen LogP contribution in [0.5, 0.6) is 0 Å². The molecule has 0 unspecified atom stereocenters. The maximum atomic E-state index is 12.7. The highest BCUT2D eigenvalue weighted by Gasteiger charge is 2.21. The number of amides is 2. The van der Waals surface area contributed by atoms with E-state index in [1.165, 1.54) is 0 Å². The fraction of sp³-hybridized carbons (Fsp3) is 0.286. The van der Waals surface area contributed by atoms with Crippen LogP contribution in [0.25, 0.3) is 5.52 Å². The van der Waals surface area contributed by atoms with Gasteiger partial charge in [-0.05, 0) is 42.2 Å². The smallest absolute Gasteiger partial charge is 0.287 e. The fourth-order valence-electron chi connectivity index (χ4n) is 2.80. The van der Waals surface area contributed by atoms with Gasteiger partial charge in [0.1, 0.15) is 0 Å². The highest BCUT2D eigenvalue weighted by atomic mass is 35.5. The fourth-order valence-corrected chi connectivity index (χ4v) is 2.92. The van der Waals surface area contributed by atoms with Crippen LogP contribution in [-0.4, -0.2) is 34.3 Å². The van der Waals surface area contributed by atoms with Crippen molar-refractivity contribution in [1.82, 2.24) is 20.0 Å². The molecule has 2 aromatic heterocycles. The van der Waals surface area contributed by atoms with Crippen molar-refractivity contribution in [3.63, 3.8) is 0 Å². The highest BCUT2D eigenvalue weighted by Crippen LogP contribution is 2.14. The van der Waals surface area contributed by atoms with E-state index in [0.29, 0.717) is 36.0 Å². The van der Waals surface area contributed by atoms with E-state index in [9.17, 15) is 9.59 Å². The predicted molar refractivity (Wildman–Crippen MR) is 110 cm³/mol. The van der Waals surface area contributed by atoms with Crippen molar-refractivity contribution >= 4 is 28.9 Å². The zero-order valence-corrected chi connectivity index (χ0v) is 16.7. The molecule has 0 atom stereocenters. The molecule has 0 saturated carbocycles. The molecule has 2 N–H and O–H groups in total. The number of rotatable bonds is 7. The number of halogens is 1. The quantitative estimate of drug-likeness (QED) is 0.640. The second-order valence-corrected chi connectivity index (χ2v) is 7.41. The van der Waals surface area contributed by atoms with E-state index in [0.717, 1.165) is 5.56 Å². The molecule has 0 bridgehead atoms. The lowest BCUT2D eigenvalue weighted by atomic mass is 10.1. The lowest BCUT2D eigenvalue weighted by molar-refractivity contribution is 0.0938. The normalized spacial score (nSPS) is 11.0. The van der Waals surface area contributed by atoms with Gasteiger partial charge < -0.3 is 10.6 Å². The van der Waals surface area contributed by atoms with Crippen molar-refractivity contribution < 1.29 is 9.59 Å². The molecule has 3 aromatic rings. The summed E-state index contributed by atoms with van der Waals surface area (Å²) in [5.74, 6) is -0.0689. The summed E-state index contributed by atoms with van der Waals surface area (Å²) in [6, 6.07) is 12.9. The van der Waals surface area contributed by atoms with E-state index in [1.807, 2.05) is 44.2 Å². The van der Waals surface area contributed by atoms with Crippen LogP contribution in [0.15, 0.2) is 48.7 Å². The van der Waals surface area contributed by atoms with Crippen molar-refractivity contribution in [2.24, 2.45) is 5.92 Å². The van der Waals surface area contributed by atoms with Crippen LogP contribution >= 0.6 is 11.6 Å². The van der Waals surface area contributed by atoms with E-state index < -0.39 is 0 Å². The summed E-state index contributed by atoms with van der Waals surface area (Å²) in [5, 5.41) is 6.41. The first-order chi connectivity index (χ1) is 13.5. The summed E-state index contributed by atoms with van der Waals surface area (Å²) >= 11 is 5.89. The molecule has 0 saturated heterocycles. The molecular weight excluding hydrogens is 376 g/mol. The number of aromatic nitrogens is 2. The number of carbonyl (C=O) groups excluding carboxylic acids is 2. The van der Waals surface area contributed by atoms with Gasteiger partial charge in [-0.25, -0.2) is 4.98 Å². The molecular formula is C21H23ClN4O2. The van der Waals surface area contributed by atoms with Gasteiger partial charge in [-0.15, -0.1) is 0 Å². The molecule has 1 aromatic carbocycles. The monoisotopic (exact) mass is 398 g/mol. The van der Waals surface area contributed by atoms with Crippen LogP contribution in [0, 0.1) is 5.92 Å². The number of carbonyl (C=O) groups is 2. The third kappa shape index (κ3) is 4.70. The summed E-state index contributed by atoms with van der Waals surface area (Å²) in [4.78, 5) is 29.5. The molecule has 2 heterocycles. The molecule has 7 heteroatoms. The second-order valence-electron chi connectivity index (χ2n) is 6.98. The molecule has 6 nitrogen and oxygen atoms in total. The van der Waals surface area contributed by atoms with Gasteiger partial charge in [0.25, 0.3) is 11.8 Å². The summed E-state index contributed by atoms with van der Waals surface area (Å²) in [6.45, 7) is 5.04. The minimum Gasteiger partial charge on any atom is -0.350 e. The first-order valence-electron chi connectivity index (χ1n) is 9.23. The minimum atomic E-state index is -0.305. The Bertz CT molecular complexity index is 980. The van der Waals surface area contributed by atoms with Gasteiger partial charge in [0, 0.05) is 24.3 Å². The number of benzene rings is 1. The minimum absolute atomic E-state index is 0.208. The second kappa shape index (κ2) is 8.89. The molecule has 0 aliphatic rings. The molecule has 2 amide bonds. The zero-order chi connectivity index (χ0) is 20.1. The third-order valence-electron chi connectivity index (χ3n) is 4.25. The number of hydrogen-bond donors (Lipinski definition) is 2. The topological polar surface area (TPSA) is 75.5 Å². The molecule has 146 valence electrons. The zero-order valence-electron chi connectivity index (χ0n) is 15.9. The molecule has 28 heavy (non-hydrogen) atoms. The molecule has 0 spiro atoms. The van der Waals surface area contributed by atoms with E-state index >= 15 is 0 Å². The third-order valence-corrected chi connectivity index (χ3v) is 4.50.